The monoisotopic (exact) mass is 680 g/mol. The minimum Gasteiger partial charge on any atom is -0.444 e. The van der Waals surface area contributed by atoms with E-state index in [1.807, 2.05) is 102 Å². The molecule has 0 bridgehead atoms. The van der Waals surface area contributed by atoms with Gasteiger partial charge in [0.05, 0.1) is 12.8 Å². The standard InChI is InChI=1S/C39H60N4O6/c1-38(2,3)48-36(46)42(28-18-24-40-34(44)30-32-20-12-10-13-21-32)26-16-8-7-9-17-27-43(37(47)49-39(4,5)6)29-19-25-41-35(45)31-33-22-14-11-15-23-33/h10-15,20-23H,7-9,16-19,24-31H2,1-6H3,(H,40,44)(H,41,45). The van der Waals surface area contributed by atoms with Gasteiger partial charge in [-0.3, -0.25) is 9.59 Å². The second-order valence-electron chi connectivity index (χ2n) is 14.4. The van der Waals surface area contributed by atoms with E-state index in [4.69, 9.17) is 9.47 Å². The Morgan fingerprint density at radius 3 is 1.18 bits per heavy atom. The number of hydrogen-bond acceptors (Lipinski definition) is 6. The van der Waals surface area contributed by atoms with E-state index in [1.165, 1.54) is 0 Å². The molecule has 10 nitrogen and oxygen atoms in total. The number of hydrogen-bond donors (Lipinski definition) is 2. The molecule has 0 saturated carbocycles. The van der Waals surface area contributed by atoms with Gasteiger partial charge in [-0.05, 0) is 78.4 Å². The molecular weight excluding hydrogens is 620 g/mol. The summed E-state index contributed by atoms with van der Waals surface area (Å²) in [7, 11) is 0. The van der Waals surface area contributed by atoms with Crippen LogP contribution in [0.1, 0.15) is 97.6 Å². The summed E-state index contributed by atoms with van der Waals surface area (Å²) in [6.45, 7) is 14.3. The molecule has 0 unspecified atom stereocenters. The Bertz CT molecular complexity index is 1160. The van der Waals surface area contributed by atoms with Gasteiger partial charge in [0.2, 0.25) is 11.8 Å². The molecule has 0 heterocycles. The lowest BCUT2D eigenvalue weighted by molar-refractivity contribution is -0.121. The van der Waals surface area contributed by atoms with Crippen LogP contribution in [0.25, 0.3) is 0 Å². The van der Waals surface area contributed by atoms with E-state index in [0.717, 1.165) is 43.2 Å². The van der Waals surface area contributed by atoms with Crippen LogP contribution in [0.5, 0.6) is 0 Å². The van der Waals surface area contributed by atoms with Crippen molar-refractivity contribution < 1.29 is 28.7 Å². The molecule has 0 atom stereocenters. The first-order valence-corrected chi connectivity index (χ1v) is 17.8. The van der Waals surface area contributed by atoms with E-state index >= 15 is 0 Å². The number of carbonyl (C=O) groups excluding carboxylic acids is 4. The first-order chi connectivity index (χ1) is 23.2. The summed E-state index contributed by atoms with van der Waals surface area (Å²) in [5.41, 5.74) is 0.751. The predicted octanol–water partition coefficient (Wildman–Crippen LogP) is 6.91. The molecule has 272 valence electrons. The second-order valence-corrected chi connectivity index (χ2v) is 14.4. The maximum Gasteiger partial charge on any atom is 0.410 e. The fraction of sp³-hybridized carbons (Fsp3) is 0.590. The van der Waals surface area contributed by atoms with Crippen LogP contribution in [-0.4, -0.2) is 84.3 Å². The minimum atomic E-state index is -0.590. The van der Waals surface area contributed by atoms with E-state index < -0.39 is 11.2 Å². The molecule has 2 aromatic rings. The molecule has 0 saturated heterocycles. The molecule has 0 aliphatic heterocycles. The lowest BCUT2D eigenvalue weighted by Crippen LogP contribution is -2.39. The zero-order chi connectivity index (χ0) is 36.1. The lowest BCUT2D eigenvalue weighted by atomic mass is 10.1. The van der Waals surface area contributed by atoms with Gasteiger partial charge in [-0.2, -0.15) is 0 Å². The van der Waals surface area contributed by atoms with E-state index in [1.54, 1.807) is 9.80 Å². The number of rotatable bonds is 20. The van der Waals surface area contributed by atoms with Crippen LogP contribution in [0.2, 0.25) is 0 Å². The number of amides is 4. The fourth-order valence-electron chi connectivity index (χ4n) is 5.06. The van der Waals surface area contributed by atoms with Crippen LogP contribution in [0.15, 0.2) is 60.7 Å². The summed E-state index contributed by atoms with van der Waals surface area (Å²) in [5, 5.41) is 5.90. The van der Waals surface area contributed by atoms with Gasteiger partial charge in [-0.25, -0.2) is 9.59 Å². The van der Waals surface area contributed by atoms with Gasteiger partial charge in [0.1, 0.15) is 11.2 Å². The maximum atomic E-state index is 12.9. The molecule has 4 amide bonds. The number of ether oxygens (including phenoxy) is 2. The Balaban J connectivity index is 1.73. The molecule has 49 heavy (non-hydrogen) atoms. The third-order valence-electron chi connectivity index (χ3n) is 7.43. The Morgan fingerprint density at radius 1 is 0.510 bits per heavy atom. The second kappa shape index (κ2) is 21.8. The predicted molar refractivity (Wildman–Crippen MR) is 194 cm³/mol. The molecule has 0 radical (unpaired) electrons. The van der Waals surface area contributed by atoms with Gasteiger partial charge in [0.25, 0.3) is 0 Å². The molecule has 2 N–H and O–H groups in total. The van der Waals surface area contributed by atoms with Crippen molar-refractivity contribution in [2.24, 2.45) is 0 Å². The molecule has 2 aromatic carbocycles. The van der Waals surface area contributed by atoms with Crippen molar-refractivity contribution in [3.63, 3.8) is 0 Å². The van der Waals surface area contributed by atoms with Crippen molar-refractivity contribution in [1.82, 2.24) is 20.4 Å². The largest absolute Gasteiger partial charge is 0.444 e. The van der Waals surface area contributed by atoms with Gasteiger partial charge in [-0.1, -0.05) is 79.9 Å². The number of nitrogens with one attached hydrogen (secondary N) is 2. The van der Waals surface area contributed by atoms with Gasteiger partial charge in [0.15, 0.2) is 0 Å². The van der Waals surface area contributed by atoms with Crippen molar-refractivity contribution in [3.05, 3.63) is 71.8 Å². The molecular formula is C39H60N4O6. The maximum absolute atomic E-state index is 12.9. The Kier molecular flexibility index (Phi) is 18.3. The first kappa shape index (κ1) is 41.1. The topological polar surface area (TPSA) is 117 Å². The highest BCUT2D eigenvalue weighted by Crippen LogP contribution is 2.14. The third-order valence-corrected chi connectivity index (χ3v) is 7.43. The van der Waals surface area contributed by atoms with Gasteiger partial charge in [-0.15, -0.1) is 0 Å². The highest BCUT2D eigenvalue weighted by atomic mass is 16.6. The zero-order valence-electron chi connectivity index (χ0n) is 30.7. The van der Waals surface area contributed by atoms with Crippen molar-refractivity contribution in [1.29, 1.82) is 0 Å². The van der Waals surface area contributed by atoms with Crippen LogP contribution < -0.4 is 10.6 Å². The summed E-state index contributed by atoms with van der Waals surface area (Å²) in [6, 6.07) is 19.2. The fourth-order valence-corrected chi connectivity index (χ4v) is 5.06. The van der Waals surface area contributed by atoms with Crippen LogP contribution in [0, 0.1) is 0 Å². The van der Waals surface area contributed by atoms with Gasteiger partial charge in [0, 0.05) is 39.3 Å². The Morgan fingerprint density at radius 2 is 0.837 bits per heavy atom. The van der Waals surface area contributed by atoms with Crippen LogP contribution in [0.4, 0.5) is 9.59 Å². The number of carbonyl (C=O) groups is 4. The van der Waals surface area contributed by atoms with Crippen molar-refractivity contribution in [2.75, 3.05) is 39.3 Å². The normalized spacial score (nSPS) is 11.4. The highest BCUT2D eigenvalue weighted by molar-refractivity contribution is 5.79. The van der Waals surface area contributed by atoms with E-state index in [2.05, 4.69) is 10.6 Å². The van der Waals surface area contributed by atoms with Gasteiger partial charge < -0.3 is 29.9 Å². The summed E-state index contributed by atoms with van der Waals surface area (Å²) in [5.74, 6) is -0.0725. The van der Waals surface area contributed by atoms with Crippen LogP contribution in [-0.2, 0) is 31.9 Å². The Labute approximate surface area is 294 Å². The van der Waals surface area contributed by atoms with Crippen LogP contribution >= 0.6 is 0 Å². The summed E-state index contributed by atoms with van der Waals surface area (Å²) < 4.78 is 11.3. The summed E-state index contributed by atoms with van der Waals surface area (Å²) in [4.78, 5) is 53.9. The summed E-state index contributed by atoms with van der Waals surface area (Å²) >= 11 is 0. The average molecular weight is 681 g/mol. The zero-order valence-corrected chi connectivity index (χ0v) is 30.7. The third kappa shape index (κ3) is 20.1. The quantitative estimate of drug-likeness (QED) is 0.147. The summed E-state index contributed by atoms with van der Waals surface area (Å²) in [6.07, 6.45) is 5.76. The Hall–Kier alpha value is -4.08. The van der Waals surface area contributed by atoms with Gasteiger partial charge >= 0.3 is 12.2 Å². The number of benzene rings is 2. The van der Waals surface area contributed by atoms with E-state index in [0.29, 0.717) is 65.0 Å². The molecule has 0 aliphatic carbocycles. The smallest absolute Gasteiger partial charge is 0.410 e. The molecule has 0 aromatic heterocycles. The highest BCUT2D eigenvalue weighted by Gasteiger charge is 2.23. The molecule has 0 fully saturated rings. The lowest BCUT2D eigenvalue weighted by Gasteiger charge is -2.28. The molecule has 0 spiro atoms. The number of unbranched alkanes of at least 4 members (excludes halogenated alkanes) is 4. The molecule has 2 rings (SSSR count). The van der Waals surface area contributed by atoms with Crippen LogP contribution in [0.3, 0.4) is 0 Å². The first-order valence-electron chi connectivity index (χ1n) is 17.8. The SMILES string of the molecule is CC(C)(C)OC(=O)N(CCCCCCCN(CCCNC(=O)Cc1ccccc1)C(=O)OC(C)(C)C)CCCNC(=O)Cc1ccccc1. The number of nitrogens with zero attached hydrogens (tertiary/aromatic N) is 2. The van der Waals surface area contributed by atoms with E-state index in [-0.39, 0.29) is 24.0 Å². The van der Waals surface area contributed by atoms with Crippen molar-refractivity contribution in [3.8, 4) is 0 Å². The molecule has 10 heteroatoms. The average Bonchev–Trinajstić information content (AvgIpc) is 3.01. The molecule has 0 aliphatic rings. The van der Waals surface area contributed by atoms with Crippen molar-refractivity contribution in [2.45, 2.75) is 111 Å². The van der Waals surface area contributed by atoms with E-state index in [9.17, 15) is 19.2 Å². The van der Waals surface area contributed by atoms with Crippen molar-refractivity contribution >= 4 is 24.0 Å². The minimum absolute atomic E-state index is 0.0362.